The number of thiophene rings is 1. The molecule has 1 heterocycles. The summed E-state index contributed by atoms with van der Waals surface area (Å²) in [5.41, 5.74) is 3.59. The lowest BCUT2D eigenvalue weighted by Crippen LogP contribution is -1.96. The predicted molar refractivity (Wildman–Crippen MR) is 88.5 cm³/mol. The normalized spacial score (nSPS) is 10.4. The molecule has 100 valence electrons. The Morgan fingerprint density at radius 2 is 1.50 bits per heavy atom. The zero-order chi connectivity index (χ0) is 13.8. The maximum Gasteiger partial charge on any atom is 0.0931 e. The molecule has 0 bridgehead atoms. The fraction of sp³-hybridized carbons (Fsp3) is 0.0588. The van der Waals surface area contributed by atoms with Crippen LogP contribution in [0.4, 0.5) is 5.69 Å². The molecule has 3 rings (SSSR count). The molecule has 0 aliphatic carbocycles. The van der Waals surface area contributed by atoms with E-state index in [4.69, 9.17) is 11.6 Å². The van der Waals surface area contributed by atoms with E-state index in [1.807, 2.05) is 12.1 Å². The third-order valence-electron chi connectivity index (χ3n) is 3.09. The van der Waals surface area contributed by atoms with Gasteiger partial charge in [-0.15, -0.1) is 11.3 Å². The van der Waals surface area contributed by atoms with Crippen LogP contribution in [0.3, 0.4) is 0 Å². The second-order valence-corrected chi connectivity index (χ2v) is 6.30. The van der Waals surface area contributed by atoms with Gasteiger partial charge in [-0.25, -0.2) is 0 Å². The van der Waals surface area contributed by atoms with Gasteiger partial charge in [-0.05, 0) is 35.4 Å². The predicted octanol–water partition coefficient (Wildman–Crippen LogP) is 5.68. The van der Waals surface area contributed by atoms with Crippen LogP contribution in [0.2, 0.25) is 4.34 Å². The number of benzene rings is 2. The lowest BCUT2D eigenvalue weighted by Gasteiger charge is -2.06. The number of nitrogens with one attached hydrogen (secondary N) is 1. The monoisotopic (exact) mass is 299 g/mol. The van der Waals surface area contributed by atoms with Gasteiger partial charge in [-0.1, -0.05) is 54.1 Å². The Kier molecular flexibility index (Phi) is 4.05. The fourth-order valence-electron chi connectivity index (χ4n) is 2.05. The molecule has 0 atom stereocenters. The summed E-state index contributed by atoms with van der Waals surface area (Å²) in [6, 6.07) is 22.9. The molecule has 1 nitrogen and oxygen atoms in total. The Morgan fingerprint density at radius 1 is 0.800 bits per heavy atom. The van der Waals surface area contributed by atoms with E-state index in [2.05, 4.69) is 59.9 Å². The van der Waals surface area contributed by atoms with E-state index in [0.717, 1.165) is 16.6 Å². The summed E-state index contributed by atoms with van der Waals surface area (Å²) in [5.74, 6) is 0. The van der Waals surface area contributed by atoms with Crippen LogP contribution in [0.1, 0.15) is 4.88 Å². The number of hydrogen-bond acceptors (Lipinski definition) is 2. The van der Waals surface area contributed by atoms with Gasteiger partial charge in [0.05, 0.1) is 4.34 Å². The van der Waals surface area contributed by atoms with E-state index < -0.39 is 0 Å². The van der Waals surface area contributed by atoms with E-state index in [0.29, 0.717) is 0 Å². The summed E-state index contributed by atoms with van der Waals surface area (Å²) in [5, 5.41) is 3.40. The zero-order valence-electron chi connectivity index (χ0n) is 10.8. The third kappa shape index (κ3) is 3.21. The Morgan fingerprint density at radius 3 is 2.15 bits per heavy atom. The molecule has 0 aliphatic rings. The van der Waals surface area contributed by atoms with Gasteiger partial charge >= 0.3 is 0 Å². The molecule has 2 aromatic carbocycles. The van der Waals surface area contributed by atoms with Gasteiger partial charge in [0.1, 0.15) is 0 Å². The van der Waals surface area contributed by atoms with Crippen LogP contribution in [0.15, 0.2) is 66.7 Å². The van der Waals surface area contributed by atoms with Crippen LogP contribution < -0.4 is 5.32 Å². The molecule has 1 aromatic heterocycles. The highest BCUT2D eigenvalue weighted by Gasteiger charge is 1.99. The van der Waals surface area contributed by atoms with Crippen molar-refractivity contribution in [1.82, 2.24) is 0 Å². The molecule has 0 unspecified atom stereocenters. The highest BCUT2D eigenvalue weighted by Crippen LogP contribution is 2.24. The Bertz CT molecular complexity index is 674. The van der Waals surface area contributed by atoms with Crippen molar-refractivity contribution in [3.63, 3.8) is 0 Å². The average Bonchev–Trinajstić information content (AvgIpc) is 2.92. The van der Waals surface area contributed by atoms with Crippen molar-refractivity contribution >= 4 is 28.6 Å². The average molecular weight is 300 g/mol. The van der Waals surface area contributed by atoms with Gasteiger partial charge in [0, 0.05) is 17.1 Å². The van der Waals surface area contributed by atoms with Crippen LogP contribution in [0.25, 0.3) is 11.1 Å². The first kappa shape index (κ1) is 13.2. The van der Waals surface area contributed by atoms with Gasteiger partial charge in [0.15, 0.2) is 0 Å². The Labute approximate surface area is 127 Å². The molecule has 0 aliphatic heterocycles. The van der Waals surface area contributed by atoms with E-state index in [9.17, 15) is 0 Å². The van der Waals surface area contributed by atoms with E-state index in [1.165, 1.54) is 16.0 Å². The quantitative estimate of drug-likeness (QED) is 0.653. The first-order valence-electron chi connectivity index (χ1n) is 6.45. The van der Waals surface area contributed by atoms with Gasteiger partial charge < -0.3 is 5.32 Å². The van der Waals surface area contributed by atoms with Gasteiger partial charge in [0.25, 0.3) is 0 Å². The van der Waals surface area contributed by atoms with E-state index in [1.54, 1.807) is 11.3 Å². The molecule has 0 amide bonds. The summed E-state index contributed by atoms with van der Waals surface area (Å²) >= 11 is 7.53. The minimum absolute atomic E-state index is 0.808. The van der Waals surface area contributed by atoms with Gasteiger partial charge in [-0.3, -0.25) is 0 Å². The topological polar surface area (TPSA) is 12.0 Å². The van der Waals surface area contributed by atoms with Crippen molar-refractivity contribution in [1.29, 1.82) is 0 Å². The highest BCUT2D eigenvalue weighted by atomic mass is 35.5. The van der Waals surface area contributed by atoms with Gasteiger partial charge in [0.2, 0.25) is 0 Å². The minimum Gasteiger partial charge on any atom is -0.380 e. The van der Waals surface area contributed by atoms with Crippen LogP contribution in [0.5, 0.6) is 0 Å². The number of anilines is 1. The molecule has 3 heteroatoms. The molecular formula is C17H14ClNS. The maximum atomic E-state index is 5.92. The van der Waals surface area contributed by atoms with Crippen molar-refractivity contribution in [3.8, 4) is 11.1 Å². The van der Waals surface area contributed by atoms with Crippen molar-refractivity contribution < 1.29 is 0 Å². The minimum atomic E-state index is 0.808. The summed E-state index contributed by atoms with van der Waals surface area (Å²) in [6.45, 7) is 0.808. The van der Waals surface area contributed by atoms with Gasteiger partial charge in [-0.2, -0.15) is 0 Å². The molecule has 0 saturated heterocycles. The molecule has 20 heavy (non-hydrogen) atoms. The Hall–Kier alpha value is -1.77. The molecule has 0 radical (unpaired) electrons. The largest absolute Gasteiger partial charge is 0.380 e. The first-order valence-corrected chi connectivity index (χ1v) is 7.64. The first-order chi connectivity index (χ1) is 9.81. The van der Waals surface area contributed by atoms with Crippen LogP contribution >= 0.6 is 22.9 Å². The molecule has 3 aromatic rings. The highest BCUT2D eigenvalue weighted by molar-refractivity contribution is 7.16. The molecular weight excluding hydrogens is 286 g/mol. The van der Waals surface area contributed by atoms with Crippen LogP contribution in [-0.4, -0.2) is 0 Å². The maximum absolute atomic E-state index is 5.92. The standard InChI is InChI=1S/C17H14ClNS/c18-17-11-10-16(20-17)12-19-15-8-6-14(7-9-15)13-4-2-1-3-5-13/h1-11,19H,12H2. The summed E-state index contributed by atoms with van der Waals surface area (Å²) in [4.78, 5) is 1.24. The number of halogens is 1. The Balaban J connectivity index is 1.67. The third-order valence-corrected chi connectivity index (χ3v) is 4.32. The molecule has 0 saturated carbocycles. The SMILES string of the molecule is Clc1ccc(CNc2ccc(-c3ccccc3)cc2)s1. The van der Waals surface area contributed by atoms with Crippen molar-refractivity contribution in [3.05, 3.63) is 75.9 Å². The van der Waals surface area contributed by atoms with E-state index >= 15 is 0 Å². The van der Waals surface area contributed by atoms with Crippen LogP contribution in [0, 0.1) is 0 Å². The number of hydrogen-bond donors (Lipinski definition) is 1. The second-order valence-electron chi connectivity index (χ2n) is 4.50. The lowest BCUT2D eigenvalue weighted by molar-refractivity contribution is 1.19. The summed E-state index contributed by atoms with van der Waals surface area (Å²) in [6.07, 6.45) is 0. The lowest BCUT2D eigenvalue weighted by atomic mass is 10.1. The fourth-order valence-corrected chi connectivity index (χ4v) is 3.07. The smallest absolute Gasteiger partial charge is 0.0931 e. The zero-order valence-corrected chi connectivity index (χ0v) is 12.4. The summed E-state index contributed by atoms with van der Waals surface area (Å²) < 4.78 is 0.834. The molecule has 1 N–H and O–H groups in total. The van der Waals surface area contributed by atoms with Crippen molar-refractivity contribution in [2.45, 2.75) is 6.54 Å². The second kappa shape index (κ2) is 6.12. The molecule has 0 fully saturated rings. The van der Waals surface area contributed by atoms with E-state index in [-0.39, 0.29) is 0 Å². The van der Waals surface area contributed by atoms with Crippen molar-refractivity contribution in [2.24, 2.45) is 0 Å². The molecule has 0 spiro atoms. The van der Waals surface area contributed by atoms with Crippen LogP contribution in [-0.2, 0) is 6.54 Å². The van der Waals surface area contributed by atoms with Crippen molar-refractivity contribution in [2.75, 3.05) is 5.32 Å². The number of rotatable bonds is 4. The summed E-state index contributed by atoms with van der Waals surface area (Å²) in [7, 11) is 0.